The van der Waals surface area contributed by atoms with E-state index in [4.69, 9.17) is 9.47 Å². The minimum atomic E-state index is -4.63. The molecule has 0 bridgehead atoms. The fraction of sp³-hybridized carbons (Fsp3) is 0.469. The fourth-order valence-corrected chi connectivity index (χ4v) is 7.34. The van der Waals surface area contributed by atoms with Crippen molar-refractivity contribution in [2.24, 2.45) is 0 Å². The van der Waals surface area contributed by atoms with Crippen LogP contribution in [0.1, 0.15) is 33.4 Å². The lowest BCUT2D eigenvalue weighted by Gasteiger charge is -2.44. The van der Waals surface area contributed by atoms with Gasteiger partial charge in [0.25, 0.3) is 5.91 Å². The number of carbonyl (C=O) groups is 2. The van der Waals surface area contributed by atoms with E-state index in [2.05, 4.69) is 9.99 Å². The van der Waals surface area contributed by atoms with E-state index in [1.165, 1.54) is 0 Å². The minimum absolute atomic E-state index is 0.159. The van der Waals surface area contributed by atoms with Gasteiger partial charge in [-0.15, -0.1) is 16.8 Å². The van der Waals surface area contributed by atoms with Crippen molar-refractivity contribution < 1.29 is 36.8 Å². The predicted octanol–water partition coefficient (Wildman–Crippen LogP) is 5.10. The number of para-hydroxylation sites is 1. The summed E-state index contributed by atoms with van der Waals surface area (Å²) in [7, 11) is 0. The van der Waals surface area contributed by atoms with Crippen LogP contribution in [-0.2, 0) is 20.5 Å². The number of carbonyl (C=O) groups excluding carboxylic acids is 2. The molecule has 2 fully saturated rings. The van der Waals surface area contributed by atoms with Crippen LogP contribution in [0.4, 0.5) is 18.9 Å². The standard InChI is InChI=1S/C32H37F3N5O4S/c1-5-43-25-10-6-8-21-23(18-26(32(33,34)35)36-28(21)25)37-11-13-39(14-12-37)40-16-7-9-24(40)27(30(42)44-31(2,3)4)22(19-40)29(41)38-15-17-45-20-38/h6-10,16,18H,5,11-15,17,19-20H2,1-4H3/q+1/t40-/m1/s1. The van der Waals surface area contributed by atoms with Crippen molar-refractivity contribution in [2.45, 2.75) is 39.5 Å². The highest BCUT2D eigenvalue weighted by molar-refractivity contribution is 7.99. The number of ether oxygens (including phenoxy) is 2. The number of quaternary nitrogens is 1. The first-order chi connectivity index (χ1) is 21.3. The van der Waals surface area contributed by atoms with Gasteiger partial charge in [-0.25, -0.2) is 9.78 Å². The number of nitrogens with zero attached hydrogens (tertiary/aromatic N) is 5. The molecule has 6 rings (SSSR count). The molecular weight excluding hydrogens is 607 g/mol. The number of esters is 1. The number of halogens is 3. The van der Waals surface area contributed by atoms with E-state index in [9.17, 15) is 22.8 Å². The van der Waals surface area contributed by atoms with E-state index in [1.54, 1.807) is 62.6 Å². The number of fused-ring (bicyclic) bond motifs is 2. The van der Waals surface area contributed by atoms with Crippen molar-refractivity contribution in [1.29, 1.82) is 0 Å². The van der Waals surface area contributed by atoms with Crippen molar-refractivity contribution in [1.82, 2.24) is 14.9 Å². The van der Waals surface area contributed by atoms with Gasteiger partial charge in [0.1, 0.15) is 40.9 Å². The third kappa shape index (κ3) is 5.81. The zero-order valence-electron chi connectivity index (χ0n) is 25.8. The number of thioether (sulfide) groups is 1. The normalized spacial score (nSPS) is 22.3. The van der Waals surface area contributed by atoms with Gasteiger partial charge in [0.2, 0.25) is 0 Å². The van der Waals surface area contributed by atoms with Crippen molar-refractivity contribution in [3.05, 3.63) is 65.2 Å². The summed E-state index contributed by atoms with van der Waals surface area (Å²) in [6.07, 6.45) is 1.11. The number of aromatic nitrogens is 1. The number of hydrogen-bond donors (Lipinski definition) is 0. The Kier molecular flexibility index (Phi) is 8.15. The highest BCUT2D eigenvalue weighted by atomic mass is 32.2. The lowest BCUT2D eigenvalue weighted by molar-refractivity contribution is -0.948. The summed E-state index contributed by atoms with van der Waals surface area (Å²) in [5, 5.41) is 2.76. The molecule has 45 heavy (non-hydrogen) atoms. The minimum Gasteiger partial charge on any atom is -0.492 e. The van der Waals surface area contributed by atoms with Crippen LogP contribution in [0.15, 0.2) is 59.5 Å². The topological polar surface area (TPSA) is 75.2 Å². The summed E-state index contributed by atoms with van der Waals surface area (Å²) in [5.74, 6) is 1.04. The Morgan fingerprint density at radius 1 is 1.09 bits per heavy atom. The second kappa shape index (κ2) is 11.7. The van der Waals surface area contributed by atoms with Crippen LogP contribution in [0.25, 0.3) is 10.9 Å². The van der Waals surface area contributed by atoms with E-state index in [0.717, 1.165) is 11.8 Å². The summed E-state index contributed by atoms with van der Waals surface area (Å²) >= 11 is 1.68. The van der Waals surface area contributed by atoms with Crippen LogP contribution in [-0.4, -0.2) is 94.5 Å². The molecule has 4 aliphatic heterocycles. The number of amides is 1. The molecule has 0 aliphatic carbocycles. The monoisotopic (exact) mass is 644 g/mol. The average Bonchev–Trinajstić information content (AvgIpc) is 3.72. The maximum atomic E-state index is 14.0. The lowest BCUT2D eigenvalue weighted by atomic mass is 10.1. The summed E-state index contributed by atoms with van der Waals surface area (Å²) in [6, 6.07) is 6.28. The Balaban J connectivity index is 1.31. The Hall–Kier alpha value is -3.55. The number of rotatable bonds is 6. The van der Waals surface area contributed by atoms with Crippen LogP contribution in [0.5, 0.6) is 5.75 Å². The Morgan fingerprint density at radius 3 is 2.49 bits per heavy atom. The van der Waals surface area contributed by atoms with E-state index in [0.29, 0.717) is 78.9 Å². The molecule has 0 N–H and O–H groups in total. The van der Waals surface area contributed by atoms with Crippen molar-refractivity contribution in [3.63, 3.8) is 0 Å². The summed E-state index contributed by atoms with van der Waals surface area (Å²) in [4.78, 5) is 35.1. The highest BCUT2D eigenvalue weighted by Gasteiger charge is 2.55. The van der Waals surface area contributed by atoms with E-state index in [-0.39, 0.29) is 22.6 Å². The van der Waals surface area contributed by atoms with E-state index >= 15 is 0 Å². The van der Waals surface area contributed by atoms with Gasteiger partial charge in [-0.05, 0) is 45.9 Å². The maximum Gasteiger partial charge on any atom is 0.433 e. The molecule has 2 aromatic rings. The molecule has 2 saturated heterocycles. The number of hydrogen-bond acceptors (Lipinski definition) is 8. The van der Waals surface area contributed by atoms with Gasteiger partial charge in [0.05, 0.1) is 31.1 Å². The first kappa shape index (κ1) is 31.4. The second-order valence-electron chi connectivity index (χ2n) is 12.4. The third-order valence-corrected chi connectivity index (χ3v) is 9.30. The maximum absolute atomic E-state index is 14.0. The van der Waals surface area contributed by atoms with Crippen molar-refractivity contribution in [3.8, 4) is 5.75 Å². The van der Waals surface area contributed by atoms with Crippen molar-refractivity contribution >= 4 is 40.2 Å². The second-order valence-corrected chi connectivity index (χ2v) is 13.5. The predicted molar refractivity (Wildman–Crippen MR) is 166 cm³/mol. The van der Waals surface area contributed by atoms with Gasteiger partial charge in [-0.3, -0.25) is 4.79 Å². The fourth-order valence-electron chi connectivity index (χ4n) is 6.40. The lowest BCUT2D eigenvalue weighted by Crippen LogP contribution is -2.60. The van der Waals surface area contributed by atoms with Gasteiger partial charge in [0.15, 0.2) is 5.70 Å². The molecule has 1 aromatic heterocycles. The molecule has 0 spiro atoms. The number of benzene rings is 1. The molecule has 4 aliphatic rings. The van der Waals surface area contributed by atoms with Gasteiger partial charge in [-0.1, -0.05) is 12.1 Å². The Morgan fingerprint density at radius 2 is 1.84 bits per heavy atom. The number of anilines is 1. The first-order valence-corrected chi connectivity index (χ1v) is 16.2. The number of allylic oxidation sites excluding steroid dienone is 2. The zero-order valence-corrected chi connectivity index (χ0v) is 26.6. The third-order valence-electron chi connectivity index (χ3n) is 8.33. The highest BCUT2D eigenvalue weighted by Crippen LogP contribution is 2.44. The van der Waals surface area contributed by atoms with Crippen molar-refractivity contribution in [2.75, 3.05) is 62.4 Å². The van der Waals surface area contributed by atoms with Crippen LogP contribution < -0.4 is 9.64 Å². The summed E-state index contributed by atoms with van der Waals surface area (Å²) in [6.45, 7) is 10.1. The number of pyridine rings is 1. The molecule has 5 heterocycles. The summed E-state index contributed by atoms with van der Waals surface area (Å²) < 4.78 is 53.6. The average molecular weight is 645 g/mol. The summed E-state index contributed by atoms with van der Waals surface area (Å²) in [5.41, 5.74) is 0.322. The molecule has 13 heteroatoms. The SMILES string of the molecule is CCOc1cccc2c(N3CCN([N@@+]45C=CC=C4C(C(=O)OC(C)(C)C)=C(C(=O)N4CCSC4)C5)CC3)cc(C(F)(F)F)nc12. The molecule has 0 unspecified atom stereocenters. The molecule has 0 radical (unpaired) electrons. The molecular formula is C32H37F3N5O4S+. The molecule has 240 valence electrons. The first-order valence-electron chi connectivity index (χ1n) is 15.1. The Bertz CT molecular complexity index is 1620. The van der Waals surface area contributed by atoms with Gasteiger partial charge in [-0.2, -0.15) is 17.8 Å². The number of alkyl halides is 3. The largest absolute Gasteiger partial charge is 0.492 e. The van der Waals surface area contributed by atoms with E-state index < -0.39 is 23.4 Å². The molecule has 1 aromatic carbocycles. The van der Waals surface area contributed by atoms with E-state index in [1.807, 2.05) is 23.3 Å². The molecule has 9 nitrogen and oxygen atoms in total. The van der Waals surface area contributed by atoms with Crippen LogP contribution in [0.3, 0.4) is 0 Å². The van der Waals surface area contributed by atoms with Gasteiger partial charge >= 0.3 is 12.1 Å². The Labute approximate surface area is 264 Å². The molecule has 1 amide bonds. The quantitative estimate of drug-likeness (QED) is 0.318. The molecule has 0 saturated carbocycles. The van der Waals surface area contributed by atoms with Crippen LogP contribution in [0, 0.1) is 0 Å². The smallest absolute Gasteiger partial charge is 0.433 e. The number of piperazine rings is 1. The molecule has 1 atom stereocenters. The van der Waals surface area contributed by atoms with Gasteiger partial charge < -0.3 is 19.3 Å². The zero-order chi connectivity index (χ0) is 32.1. The van der Waals surface area contributed by atoms with Crippen LogP contribution >= 0.6 is 11.8 Å². The van der Waals surface area contributed by atoms with Gasteiger partial charge in [0, 0.05) is 42.5 Å². The van der Waals surface area contributed by atoms with Crippen LogP contribution in [0.2, 0.25) is 0 Å².